The van der Waals surface area contributed by atoms with Crippen LogP contribution in [0.4, 0.5) is 0 Å². The van der Waals surface area contributed by atoms with Gasteiger partial charge in [-0.1, -0.05) is 42.5 Å². The summed E-state index contributed by atoms with van der Waals surface area (Å²) >= 11 is 0. The Balaban J connectivity index is 2.27. The molecule has 3 aromatic rings. The minimum atomic E-state index is -4.58. The molecule has 0 aliphatic carbocycles. The second-order valence-corrected chi connectivity index (χ2v) is 6.93. The van der Waals surface area contributed by atoms with Gasteiger partial charge in [0, 0.05) is 10.8 Å². The second-order valence-electron chi connectivity index (χ2n) is 5.54. The van der Waals surface area contributed by atoms with Crippen LogP contribution in [0.2, 0.25) is 0 Å². The molecule has 4 rings (SSSR count). The summed E-state index contributed by atoms with van der Waals surface area (Å²) in [5.74, 6) is -1.70. The molecule has 3 aromatic carbocycles. The number of cyclic esters (lactones) is 2. The molecule has 0 radical (unpaired) electrons. The maximum atomic E-state index is 12.4. The van der Waals surface area contributed by atoms with Gasteiger partial charge in [-0.2, -0.15) is 8.42 Å². The van der Waals surface area contributed by atoms with Gasteiger partial charge in [0.05, 0.1) is 11.1 Å². The Kier molecular flexibility index (Phi) is 3.24. The first-order valence-electron chi connectivity index (χ1n) is 7.27. The van der Waals surface area contributed by atoms with E-state index in [1.54, 1.807) is 30.3 Å². The molecule has 0 fully saturated rings. The lowest BCUT2D eigenvalue weighted by Crippen LogP contribution is -2.21. The van der Waals surface area contributed by atoms with E-state index in [9.17, 15) is 22.6 Å². The Labute approximate surface area is 142 Å². The van der Waals surface area contributed by atoms with Crippen molar-refractivity contribution in [3.8, 4) is 11.1 Å². The van der Waals surface area contributed by atoms with Crippen molar-refractivity contribution in [3.05, 3.63) is 65.7 Å². The topological polar surface area (TPSA) is 97.7 Å². The summed E-state index contributed by atoms with van der Waals surface area (Å²) in [6.45, 7) is 0. The Morgan fingerprint density at radius 2 is 1.56 bits per heavy atom. The van der Waals surface area contributed by atoms with Crippen molar-refractivity contribution in [3.63, 3.8) is 0 Å². The summed E-state index contributed by atoms with van der Waals surface area (Å²) in [6, 6.07) is 14.2. The van der Waals surface area contributed by atoms with Crippen LogP contribution in [-0.4, -0.2) is 24.9 Å². The van der Waals surface area contributed by atoms with Gasteiger partial charge in [0.15, 0.2) is 0 Å². The average molecular weight is 354 g/mol. The first-order chi connectivity index (χ1) is 11.9. The molecule has 7 heteroatoms. The fourth-order valence-corrected chi connectivity index (χ4v) is 3.79. The summed E-state index contributed by atoms with van der Waals surface area (Å²) in [5.41, 5.74) is 1.01. The third-order valence-corrected chi connectivity index (χ3v) is 4.99. The third-order valence-electron chi connectivity index (χ3n) is 4.10. The fourth-order valence-electron chi connectivity index (χ4n) is 3.07. The molecule has 1 aliphatic rings. The Morgan fingerprint density at radius 3 is 2.24 bits per heavy atom. The predicted octanol–water partition coefficient (Wildman–Crippen LogP) is 3.06. The molecule has 0 saturated heterocycles. The smallest absolute Gasteiger partial charge is 0.347 e. The molecule has 0 spiro atoms. The van der Waals surface area contributed by atoms with Crippen LogP contribution in [-0.2, 0) is 14.9 Å². The molecule has 1 N–H and O–H groups in total. The molecular formula is C18H10O6S. The third kappa shape index (κ3) is 2.33. The fraction of sp³-hybridized carbons (Fsp3) is 0. The molecule has 6 nitrogen and oxygen atoms in total. The molecule has 0 amide bonds. The van der Waals surface area contributed by atoms with Crippen LogP contribution in [0.5, 0.6) is 0 Å². The van der Waals surface area contributed by atoms with E-state index in [-0.39, 0.29) is 32.4 Å². The van der Waals surface area contributed by atoms with E-state index >= 15 is 0 Å². The monoisotopic (exact) mass is 354 g/mol. The second kappa shape index (κ2) is 5.23. The minimum Gasteiger partial charge on any atom is -0.386 e. The number of carbonyl (C=O) groups excluding carboxylic acids is 2. The molecule has 0 unspecified atom stereocenters. The van der Waals surface area contributed by atoms with Crippen LogP contribution >= 0.6 is 0 Å². The lowest BCUT2D eigenvalue weighted by Gasteiger charge is -2.20. The highest BCUT2D eigenvalue weighted by Gasteiger charge is 2.33. The van der Waals surface area contributed by atoms with Crippen molar-refractivity contribution in [2.45, 2.75) is 4.90 Å². The van der Waals surface area contributed by atoms with Gasteiger partial charge >= 0.3 is 11.9 Å². The number of hydrogen-bond donors (Lipinski definition) is 1. The van der Waals surface area contributed by atoms with Crippen LogP contribution in [0.15, 0.2) is 59.5 Å². The van der Waals surface area contributed by atoms with Crippen LogP contribution in [0, 0.1) is 0 Å². The Morgan fingerprint density at radius 1 is 0.840 bits per heavy atom. The van der Waals surface area contributed by atoms with E-state index in [0.717, 1.165) is 0 Å². The van der Waals surface area contributed by atoms with E-state index in [0.29, 0.717) is 5.56 Å². The lowest BCUT2D eigenvalue weighted by atomic mass is 9.90. The van der Waals surface area contributed by atoms with Crippen molar-refractivity contribution in [1.82, 2.24) is 0 Å². The van der Waals surface area contributed by atoms with E-state index in [2.05, 4.69) is 0 Å². The van der Waals surface area contributed by atoms with Crippen LogP contribution in [0.1, 0.15) is 20.7 Å². The van der Waals surface area contributed by atoms with E-state index in [4.69, 9.17) is 4.74 Å². The number of hydrogen-bond acceptors (Lipinski definition) is 5. The van der Waals surface area contributed by atoms with Crippen molar-refractivity contribution >= 4 is 32.8 Å². The van der Waals surface area contributed by atoms with Gasteiger partial charge < -0.3 is 4.74 Å². The summed E-state index contributed by atoms with van der Waals surface area (Å²) in [5, 5.41) is 0.261. The van der Waals surface area contributed by atoms with Crippen LogP contribution in [0.25, 0.3) is 21.9 Å². The zero-order valence-electron chi connectivity index (χ0n) is 12.6. The number of esters is 2. The van der Waals surface area contributed by atoms with E-state index in [1.807, 2.05) is 0 Å². The molecule has 1 heterocycles. The van der Waals surface area contributed by atoms with E-state index in [1.165, 1.54) is 24.3 Å². The molecule has 124 valence electrons. The van der Waals surface area contributed by atoms with Gasteiger partial charge in [0.25, 0.3) is 10.1 Å². The molecular weight excluding hydrogens is 344 g/mol. The highest BCUT2D eigenvalue weighted by Crippen LogP contribution is 2.39. The molecule has 0 saturated carbocycles. The maximum absolute atomic E-state index is 12.4. The van der Waals surface area contributed by atoms with Crippen molar-refractivity contribution in [2.24, 2.45) is 0 Å². The van der Waals surface area contributed by atoms with Gasteiger partial charge in [-0.15, -0.1) is 0 Å². The molecule has 25 heavy (non-hydrogen) atoms. The molecule has 1 aliphatic heterocycles. The van der Waals surface area contributed by atoms with Crippen molar-refractivity contribution < 1.29 is 27.3 Å². The van der Waals surface area contributed by atoms with Crippen LogP contribution in [0.3, 0.4) is 0 Å². The van der Waals surface area contributed by atoms with Gasteiger partial charge in [0.2, 0.25) is 0 Å². The summed E-state index contributed by atoms with van der Waals surface area (Å²) in [6.07, 6.45) is 0. The summed E-state index contributed by atoms with van der Waals surface area (Å²) in [7, 11) is -4.58. The highest BCUT2D eigenvalue weighted by atomic mass is 32.2. The van der Waals surface area contributed by atoms with Gasteiger partial charge in [-0.25, -0.2) is 9.59 Å². The number of rotatable bonds is 2. The summed E-state index contributed by atoms with van der Waals surface area (Å²) in [4.78, 5) is 24.1. The first-order valence-corrected chi connectivity index (χ1v) is 8.71. The van der Waals surface area contributed by atoms with Crippen LogP contribution < -0.4 is 0 Å². The Hall–Kier alpha value is -3.03. The lowest BCUT2D eigenvalue weighted by molar-refractivity contribution is 0.0391. The van der Waals surface area contributed by atoms with Gasteiger partial charge in [-0.05, 0) is 23.3 Å². The quantitative estimate of drug-likeness (QED) is 0.431. The zero-order valence-corrected chi connectivity index (χ0v) is 13.4. The highest BCUT2D eigenvalue weighted by molar-refractivity contribution is 7.86. The normalized spacial score (nSPS) is 13.8. The first kappa shape index (κ1) is 15.5. The maximum Gasteiger partial charge on any atom is 0.347 e. The number of benzene rings is 3. The van der Waals surface area contributed by atoms with Gasteiger partial charge in [0.1, 0.15) is 4.90 Å². The SMILES string of the molecule is O=C1OC(=O)c2c(-c3ccccc3)cc(S(=O)(=O)O)c3cccc1c23. The Bertz CT molecular complexity index is 1160. The van der Waals surface area contributed by atoms with Crippen molar-refractivity contribution in [2.75, 3.05) is 0 Å². The molecule has 0 aromatic heterocycles. The van der Waals surface area contributed by atoms with Gasteiger partial charge in [-0.3, -0.25) is 4.55 Å². The average Bonchev–Trinajstić information content (AvgIpc) is 2.58. The van der Waals surface area contributed by atoms with Crippen molar-refractivity contribution in [1.29, 1.82) is 0 Å². The predicted molar refractivity (Wildman–Crippen MR) is 88.9 cm³/mol. The summed E-state index contributed by atoms with van der Waals surface area (Å²) < 4.78 is 38.2. The molecule has 0 bridgehead atoms. The largest absolute Gasteiger partial charge is 0.386 e. The zero-order chi connectivity index (χ0) is 17.8. The standard InChI is InChI=1S/C18H10O6S/c19-17-12-8-4-7-11-14(25(21,22)23)9-13(10-5-2-1-3-6-10)16(15(11)12)18(20)24-17/h1-9H,(H,21,22,23). The number of carbonyl (C=O) groups is 2. The van der Waals surface area contributed by atoms with E-state index < -0.39 is 22.1 Å². The molecule has 0 atom stereocenters. The number of ether oxygens (including phenoxy) is 1. The minimum absolute atomic E-state index is 0.0785.